The van der Waals surface area contributed by atoms with Crippen molar-refractivity contribution in [1.29, 1.82) is 0 Å². The zero-order valence-electron chi connectivity index (χ0n) is 13.7. The first-order chi connectivity index (χ1) is 12.5. The molecule has 0 aliphatic heterocycles. The van der Waals surface area contributed by atoms with Crippen molar-refractivity contribution in [2.24, 2.45) is 0 Å². The van der Waals surface area contributed by atoms with Crippen LogP contribution in [0.1, 0.15) is 10.4 Å². The first-order valence-electron chi connectivity index (χ1n) is 7.71. The Hall–Kier alpha value is -3.16. The number of esters is 1. The molecule has 0 radical (unpaired) electrons. The molecule has 26 heavy (non-hydrogen) atoms. The Morgan fingerprint density at radius 2 is 1.73 bits per heavy atom. The number of hydrogen-bond acceptors (Lipinski definition) is 5. The third-order valence-corrected chi connectivity index (χ3v) is 3.07. The van der Waals surface area contributed by atoms with Gasteiger partial charge < -0.3 is 19.5 Å². The van der Waals surface area contributed by atoms with Crippen LogP contribution < -0.4 is 14.8 Å². The topological polar surface area (TPSA) is 73.9 Å². The van der Waals surface area contributed by atoms with Crippen molar-refractivity contribution in [3.63, 3.8) is 0 Å². The van der Waals surface area contributed by atoms with Gasteiger partial charge in [0, 0.05) is 0 Å². The summed E-state index contributed by atoms with van der Waals surface area (Å²) in [5.74, 6) is -0.813. The van der Waals surface area contributed by atoms with E-state index in [1.165, 1.54) is 18.2 Å². The van der Waals surface area contributed by atoms with Crippen molar-refractivity contribution < 1.29 is 32.6 Å². The van der Waals surface area contributed by atoms with E-state index in [1.807, 2.05) is 18.2 Å². The average Bonchev–Trinajstić information content (AvgIpc) is 2.64. The van der Waals surface area contributed by atoms with Crippen molar-refractivity contribution in [3.05, 3.63) is 60.2 Å². The molecule has 0 saturated carbocycles. The summed E-state index contributed by atoms with van der Waals surface area (Å²) in [4.78, 5) is 23.5. The summed E-state index contributed by atoms with van der Waals surface area (Å²) in [5, 5.41) is 2.53. The van der Waals surface area contributed by atoms with Crippen molar-refractivity contribution in [1.82, 2.24) is 5.32 Å². The Labute approximate surface area is 148 Å². The van der Waals surface area contributed by atoms with Gasteiger partial charge in [0.25, 0.3) is 5.91 Å². The number of amides is 1. The summed E-state index contributed by atoms with van der Waals surface area (Å²) in [6.45, 7) is -2.99. The van der Waals surface area contributed by atoms with Gasteiger partial charge >= 0.3 is 12.6 Å². The fraction of sp³-hybridized carbons (Fsp3) is 0.222. The number of ether oxygens (including phenoxy) is 3. The molecule has 2 rings (SSSR count). The molecule has 0 aromatic heterocycles. The molecule has 1 N–H and O–H groups in total. The average molecular weight is 365 g/mol. The zero-order valence-corrected chi connectivity index (χ0v) is 13.7. The molecule has 0 saturated heterocycles. The summed E-state index contributed by atoms with van der Waals surface area (Å²) in [6, 6.07) is 14.2. The highest BCUT2D eigenvalue weighted by molar-refractivity contribution is 5.91. The first-order valence-corrected chi connectivity index (χ1v) is 7.71. The second kappa shape index (κ2) is 9.97. The fourth-order valence-corrected chi connectivity index (χ4v) is 1.94. The molecule has 2 aromatic rings. The van der Waals surface area contributed by atoms with Gasteiger partial charge in [-0.2, -0.15) is 8.78 Å². The number of benzene rings is 2. The molecule has 0 bridgehead atoms. The Morgan fingerprint density at radius 1 is 1.00 bits per heavy atom. The third kappa shape index (κ3) is 6.76. The van der Waals surface area contributed by atoms with Gasteiger partial charge in [-0.3, -0.25) is 4.79 Å². The van der Waals surface area contributed by atoms with Crippen LogP contribution in [0.25, 0.3) is 0 Å². The van der Waals surface area contributed by atoms with E-state index in [0.29, 0.717) is 5.75 Å². The number of halogens is 2. The van der Waals surface area contributed by atoms with Gasteiger partial charge in [-0.1, -0.05) is 24.3 Å². The van der Waals surface area contributed by atoms with E-state index in [-0.39, 0.29) is 24.5 Å². The van der Waals surface area contributed by atoms with Gasteiger partial charge in [0.1, 0.15) is 18.1 Å². The minimum absolute atomic E-state index is 0.00311. The summed E-state index contributed by atoms with van der Waals surface area (Å²) in [7, 11) is 0. The highest BCUT2D eigenvalue weighted by Crippen LogP contribution is 2.16. The van der Waals surface area contributed by atoms with Crippen molar-refractivity contribution in [3.8, 4) is 11.5 Å². The van der Waals surface area contributed by atoms with Crippen molar-refractivity contribution >= 4 is 11.9 Å². The number of nitrogens with one attached hydrogen (secondary N) is 1. The number of para-hydroxylation sites is 1. The number of hydrogen-bond donors (Lipinski definition) is 1. The molecule has 138 valence electrons. The quantitative estimate of drug-likeness (QED) is 0.546. The molecule has 0 unspecified atom stereocenters. The minimum atomic E-state index is -3.00. The second-order valence-electron chi connectivity index (χ2n) is 4.99. The molecule has 6 nitrogen and oxygen atoms in total. The normalized spacial score (nSPS) is 10.3. The molecule has 0 spiro atoms. The van der Waals surface area contributed by atoms with Gasteiger partial charge in [0.05, 0.1) is 12.1 Å². The van der Waals surface area contributed by atoms with E-state index in [1.54, 1.807) is 12.1 Å². The number of carbonyl (C=O) groups excluding carboxylic acids is 2. The van der Waals surface area contributed by atoms with Gasteiger partial charge in [0.15, 0.2) is 6.61 Å². The Morgan fingerprint density at radius 3 is 2.46 bits per heavy atom. The summed E-state index contributed by atoms with van der Waals surface area (Å²) >= 11 is 0. The molecule has 0 atom stereocenters. The molecule has 0 aliphatic carbocycles. The van der Waals surface area contributed by atoms with Gasteiger partial charge in [0.2, 0.25) is 0 Å². The van der Waals surface area contributed by atoms with E-state index in [4.69, 9.17) is 9.47 Å². The monoisotopic (exact) mass is 365 g/mol. The zero-order chi connectivity index (χ0) is 18.8. The maximum Gasteiger partial charge on any atom is 0.387 e. The van der Waals surface area contributed by atoms with Crippen molar-refractivity contribution in [2.75, 3.05) is 19.8 Å². The highest BCUT2D eigenvalue weighted by Gasteiger charge is 2.12. The van der Waals surface area contributed by atoms with E-state index in [9.17, 15) is 18.4 Å². The van der Waals surface area contributed by atoms with Gasteiger partial charge in [-0.25, -0.2) is 4.79 Å². The van der Waals surface area contributed by atoms with Crippen LogP contribution in [-0.2, 0) is 9.53 Å². The number of alkyl halides is 2. The lowest BCUT2D eigenvalue weighted by molar-refractivity contribution is -0.124. The van der Waals surface area contributed by atoms with Crippen LogP contribution >= 0.6 is 0 Å². The maximum atomic E-state index is 12.2. The highest BCUT2D eigenvalue weighted by atomic mass is 19.3. The fourth-order valence-electron chi connectivity index (χ4n) is 1.94. The van der Waals surface area contributed by atoms with Crippen LogP contribution in [0.15, 0.2) is 54.6 Å². The van der Waals surface area contributed by atoms with Crippen molar-refractivity contribution in [2.45, 2.75) is 6.61 Å². The molecular weight excluding hydrogens is 348 g/mol. The Bertz CT molecular complexity index is 725. The lowest BCUT2D eigenvalue weighted by atomic mass is 10.2. The molecule has 1 amide bonds. The smallest absolute Gasteiger partial charge is 0.387 e. The van der Waals surface area contributed by atoms with Gasteiger partial charge in [-0.05, 0) is 30.3 Å². The standard InChI is InChI=1S/C18H17F2NO5/c19-18(20)26-15-8-4-5-13(11-15)17(23)25-12-16(22)21-9-10-24-14-6-2-1-3-7-14/h1-8,11,18H,9-10,12H2,(H,21,22). The summed E-state index contributed by atoms with van der Waals surface area (Å²) in [5.41, 5.74) is 0.00311. The van der Waals surface area contributed by atoms with E-state index >= 15 is 0 Å². The molecule has 2 aromatic carbocycles. The van der Waals surface area contributed by atoms with Crippen LogP contribution in [0, 0.1) is 0 Å². The minimum Gasteiger partial charge on any atom is -0.492 e. The van der Waals surface area contributed by atoms with E-state index in [2.05, 4.69) is 10.1 Å². The largest absolute Gasteiger partial charge is 0.492 e. The number of carbonyl (C=O) groups is 2. The van der Waals surface area contributed by atoms with Gasteiger partial charge in [-0.15, -0.1) is 0 Å². The SMILES string of the molecule is O=C(COC(=O)c1cccc(OC(F)F)c1)NCCOc1ccccc1. The lowest BCUT2D eigenvalue weighted by Gasteiger charge is -2.09. The molecular formula is C18H17F2NO5. The Balaban J connectivity index is 1.69. The van der Waals surface area contributed by atoms with Crippen LogP contribution in [-0.4, -0.2) is 38.2 Å². The first kappa shape index (κ1) is 19.2. The van der Waals surface area contributed by atoms with Crippen LogP contribution in [0.5, 0.6) is 11.5 Å². The predicted molar refractivity (Wildman–Crippen MR) is 88.3 cm³/mol. The second-order valence-corrected chi connectivity index (χ2v) is 4.99. The lowest BCUT2D eigenvalue weighted by Crippen LogP contribution is -2.32. The number of rotatable bonds is 9. The summed E-state index contributed by atoms with van der Waals surface area (Å²) in [6.07, 6.45) is 0. The molecule has 0 heterocycles. The maximum absolute atomic E-state index is 12.2. The molecule has 0 fully saturated rings. The third-order valence-electron chi connectivity index (χ3n) is 3.07. The predicted octanol–water partition coefficient (Wildman–Crippen LogP) is 2.64. The Kier molecular flexibility index (Phi) is 7.35. The molecule has 8 heteroatoms. The van der Waals surface area contributed by atoms with Crippen LogP contribution in [0.4, 0.5) is 8.78 Å². The van der Waals surface area contributed by atoms with Crippen LogP contribution in [0.2, 0.25) is 0 Å². The van der Waals surface area contributed by atoms with E-state index < -0.39 is 25.1 Å². The molecule has 0 aliphatic rings. The van der Waals surface area contributed by atoms with Crippen LogP contribution in [0.3, 0.4) is 0 Å². The summed E-state index contributed by atoms with van der Waals surface area (Å²) < 4.78 is 38.8. The van der Waals surface area contributed by atoms with E-state index in [0.717, 1.165) is 6.07 Å².